The zero-order valence-electron chi connectivity index (χ0n) is 21.6. The van der Waals surface area contributed by atoms with Crippen molar-refractivity contribution in [1.82, 2.24) is 20.1 Å². The molecule has 4 nitrogen and oxygen atoms in total. The molecule has 1 aromatic heterocycles. The Morgan fingerprint density at radius 1 is 0.548 bits per heavy atom. The van der Waals surface area contributed by atoms with E-state index in [0.29, 0.717) is 0 Å². The molecule has 0 saturated carbocycles. The molecule has 184 valence electrons. The molecule has 1 heterocycles. The molecule has 31 heavy (non-hydrogen) atoms. The average molecular weight is 437 g/mol. The summed E-state index contributed by atoms with van der Waals surface area (Å²) in [5.74, 6) is 0. The van der Waals surface area contributed by atoms with Gasteiger partial charge in [-0.1, -0.05) is 129 Å². The molecule has 1 N–H and O–H groups in total. The van der Waals surface area contributed by atoms with Crippen LogP contribution in [0.1, 0.15) is 142 Å². The van der Waals surface area contributed by atoms with E-state index in [2.05, 4.69) is 29.2 Å². The molecular formula is C27H56N4. The normalized spacial score (nSPS) is 10.8. The fourth-order valence-electron chi connectivity index (χ4n) is 3.87. The lowest BCUT2D eigenvalue weighted by Crippen LogP contribution is -2.16. The van der Waals surface area contributed by atoms with E-state index in [0.717, 1.165) is 0 Å². The van der Waals surface area contributed by atoms with E-state index in [1.807, 2.05) is 7.05 Å². The minimum atomic E-state index is 1.24. The van der Waals surface area contributed by atoms with Crippen molar-refractivity contribution in [3.8, 4) is 0 Å². The number of unbranched alkanes of at least 4 members (excludes halogenated alkanes) is 18. The predicted octanol–water partition coefficient (Wildman–Crippen LogP) is 8.23. The maximum Gasteiger partial charge on any atom is 0.137 e. The molecule has 0 radical (unpaired) electrons. The van der Waals surface area contributed by atoms with Gasteiger partial charge in [-0.05, 0) is 25.9 Å². The minimum Gasteiger partial charge on any atom is -0.317 e. The van der Waals surface area contributed by atoms with Gasteiger partial charge in [-0.25, -0.2) is 4.98 Å². The molecule has 0 atom stereocenters. The highest BCUT2D eigenvalue weighted by Crippen LogP contribution is 2.11. The Morgan fingerprint density at radius 3 is 1.16 bits per heavy atom. The second-order valence-corrected chi connectivity index (χ2v) is 9.18. The molecule has 0 unspecified atom stereocenters. The van der Waals surface area contributed by atoms with Gasteiger partial charge in [-0.3, -0.25) is 4.68 Å². The summed E-state index contributed by atoms with van der Waals surface area (Å²) in [7, 11) is 1.83. The van der Waals surface area contributed by atoms with Crippen LogP contribution in [0.15, 0.2) is 12.7 Å². The molecule has 0 aliphatic rings. The summed E-state index contributed by atoms with van der Waals surface area (Å²) in [6, 6.07) is 0. The first-order valence-electron chi connectivity index (χ1n) is 13.8. The third-order valence-electron chi connectivity index (χ3n) is 5.95. The average Bonchev–Trinajstić information content (AvgIpc) is 3.26. The van der Waals surface area contributed by atoms with Crippen LogP contribution in [-0.4, -0.2) is 27.9 Å². The number of nitrogens with one attached hydrogen (secondary N) is 1. The smallest absolute Gasteiger partial charge is 0.137 e. The van der Waals surface area contributed by atoms with Crippen molar-refractivity contribution in [2.45, 2.75) is 142 Å². The minimum absolute atomic E-state index is 1.24. The molecule has 4 heteroatoms. The highest BCUT2D eigenvalue weighted by Gasteiger charge is 1.94. The lowest BCUT2D eigenvalue weighted by molar-refractivity contribution is 0.525. The van der Waals surface area contributed by atoms with Crippen LogP contribution in [-0.2, 0) is 7.05 Å². The van der Waals surface area contributed by atoms with Gasteiger partial charge < -0.3 is 5.32 Å². The van der Waals surface area contributed by atoms with Crippen molar-refractivity contribution >= 4 is 0 Å². The molecule has 1 rings (SSSR count). The van der Waals surface area contributed by atoms with Gasteiger partial charge >= 0.3 is 0 Å². The van der Waals surface area contributed by atoms with Crippen molar-refractivity contribution in [1.29, 1.82) is 0 Å². The lowest BCUT2D eigenvalue weighted by Gasteiger charge is -2.05. The monoisotopic (exact) mass is 436 g/mol. The summed E-state index contributed by atoms with van der Waals surface area (Å²) in [6.45, 7) is 7.08. The third-order valence-corrected chi connectivity index (χ3v) is 5.95. The van der Waals surface area contributed by atoms with Crippen LogP contribution in [0, 0.1) is 0 Å². The first-order chi connectivity index (χ1) is 15.3. The van der Waals surface area contributed by atoms with Gasteiger partial charge in [-0.15, -0.1) is 0 Å². The van der Waals surface area contributed by atoms with E-state index in [-0.39, 0.29) is 0 Å². The highest BCUT2D eigenvalue weighted by molar-refractivity contribution is 4.53. The van der Waals surface area contributed by atoms with Gasteiger partial charge in [0.1, 0.15) is 12.7 Å². The quantitative estimate of drug-likeness (QED) is 0.186. The summed E-state index contributed by atoms with van der Waals surface area (Å²) >= 11 is 0. The van der Waals surface area contributed by atoms with E-state index >= 15 is 0 Å². The molecule has 1 aromatic rings. The second-order valence-electron chi connectivity index (χ2n) is 9.18. The van der Waals surface area contributed by atoms with Crippen LogP contribution in [0.3, 0.4) is 0 Å². The molecule has 0 spiro atoms. The highest BCUT2D eigenvalue weighted by atomic mass is 15.3. The Morgan fingerprint density at radius 2 is 0.903 bits per heavy atom. The van der Waals surface area contributed by atoms with Gasteiger partial charge in [-0.2, -0.15) is 5.10 Å². The number of nitrogens with zero attached hydrogens (tertiary/aromatic N) is 3. The zero-order chi connectivity index (χ0) is 22.7. The fourth-order valence-corrected chi connectivity index (χ4v) is 3.87. The first kappa shape index (κ1) is 30.1. The van der Waals surface area contributed by atoms with Crippen LogP contribution in [0.5, 0.6) is 0 Å². The predicted molar refractivity (Wildman–Crippen MR) is 138 cm³/mol. The number of aromatic nitrogens is 3. The molecule has 0 fully saturated rings. The Labute approximate surface area is 195 Å². The van der Waals surface area contributed by atoms with Gasteiger partial charge in [0, 0.05) is 7.05 Å². The van der Waals surface area contributed by atoms with Crippen LogP contribution in [0.25, 0.3) is 0 Å². The van der Waals surface area contributed by atoms with Crippen LogP contribution in [0.4, 0.5) is 0 Å². The zero-order valence-corrected chi connectivity index (χ0v) is 21.6. The van der Waals surface area contributed by atoms with Crippen LogP contribution in [0.2, 0.25) is 0 Å². The molecule has 0 bridgehead atoms. The van der Waals surface area contributed by atoms with Crippen molar-refractivity contribution in [2.24, 2.45) is 7.05 Å². The molecule has 0 aromatic carbocycles. The molecular weight excluding hydrogens is 380 g/mol. The maximum atomic E-state index is 3.72. The van der Waals surface area contributed by atoms with Gasteiger partial charge in [0.05, 0.1) is 0 Å². The Kier molecular flexibility index (Phi) is 26.3. The Bertz CT molecular complexity index is 383. The summed E-state index contributed by atoms with van der Waals surface area (Å²) in [5, 5.41) is 7.36. The standard InChI is InChI=1S/C24H51N.C3H5N3/c1-3-5-7-9-11-13-15-17-19-21-23-25-24-22-20-18-16-14-12-10-8-6-4-2;1-6-3-4-2-5-6/h25H,3-24H2,1-2H3;2-3H,1H3. The number of hydrogen-bond acceptors (Lipinski definition) is 3. The topological polar surface area (TPSA) is 42.7 Å². The first-order valence-corrected chi connectivity index (χ1v) is 13.8. The lowest BCUT2D eigenvalue weighted by atomic mass is 10.1. The Balaban J connectivity index is 0.00000127. The number of rotatable bonds is 22. The van der Waals surface area contributed by atoms with E-state index in [4.69, 9.17) is 0 Å². The van der Waals surface area contributed by atoms with E-state index in [9.17, 15) is 0 Å². The van der Waals surface area contributed by atoms with E-state index in [1.54, 1.807) is 11.0 Å². The van der Waals surface area contributed by atoms with Crippen molar-refractivity contribution in [2.75, 3.05) is 13.1 Å². The largest absolute Gasteiger partial charge is 0.317 e. The van der Waals surface area contributed by atoms with Crippen molar-refractivity contribution in [3.05, 3.63) is 12.7 Å². The molecule has 0 saturated heterocycles. The molecule has 0 aliphatic heterocycles. The number of hydrogen-bond donors (Lipinski definition) is 1. The summed E-state index contributed by atoms with van der Waals surface area (Å²) in [5.41, 5.74) is 0. The van der Waals surface area contributed by atoms with Crippen LogP contribution < -0.4 is 5.32 Å². The van der Waals surface area contributed by atoms with Crippen molar-refractivity contribution < 1.29 is 0 Å². The Hall–Kier alpha value is -0.900. The van der Waals surface area contributed by atoms with Gasteiger partial charge in [0.2, 0.25) is 0 Å². The van der Waals surface area contributed by atoms with E-state index < -0.39 is 0 Å². The molecule has 0 amide bonds. The van der Waals surface area contributed by atoms with Gasteiger partial charge in [0.15, 0.2) is 0 Å². The third kappa shape index (κ3) is 27.1. The maximum absolute atomic E-state index is 3.72. The summed E-state index contributed by atoms with van der Waals surface area (Å²) < 4.78 is 1.64. The van der Waals surface area contributed by atoms with Crippen molar-refractivity contribution in [3.63, 3.8) is 0 Å². The summed E-state index contributed by atoms with van der Waals surface area (Å²) in [4.78, 5) is 3.67. The summed E-state index contributed by atoms with van der Waals surface area (Å²) in [6.07, 6.45) is 31.9. The van der Waals surface area contributed by atoms with Gasteiger partial charge in [0.25, 0.3) is 0 Å². The fraction of sp³-hybridized carbons (Fsp3) is 0.926. The second kappa shape index (κ2) is 27.1. The van der Waals surface area contributed by atoms with Crippen LogP contribution >= 0.6 is 0 Å². The van der Waals surface area contributed by atoms with E-state index in [1.165, 1.54) is 148 Å². The SMILES string of the molecule is CCCCCCCCCCCCNCCCCCCCCCCCC.Cn1cncn1. The molecule has 0 aliphatic carbocycles. The number of aryl methyl sites for hydroxylation is 1.